The summed E-state index contributed by atoms with van der Waals surface area (Å²) in [6.07, 6.45) is 2.16. The number of sulfonamides is 1. The zero-order valence-electron chi connectivity index (χ0n) is 15.2. The molecular formula is C16H24BrN3O5S. The molecule has 1 aromatic heterocycles. The summed E-state index contributed by atoms with van der Waals surface area (Å²) < 4.78 is 31.4. The maximum Gasteiger partial charge on any atom is 0.259 e. The minimum atomic E-state index is -3.37. The van der Waals surface area contributed by atoms with Crippen molar-refractivity contribution in [2.24, 2.45) is 5.92 Å². The van der Waals surface area contributed by atoms with E-state index in [1.807, 2.05) is 6.92 Å². The van der Waals surface area contributed by atoms with Crippen LogP contribution < -0.4 is 4.74 Å². The first kappa shape index (κ1) is 21.1. The van der Waals surface area contributed by atoms with Crippen LogP contribution in [0.3, 0.4) is 0 Å². The second-order valence-electron chi connectivity index (χ2n) is 6.67. The topological polar surface area (TPSA) is 100 Å². The average molecular weight is 450 g/mol. The van der Waals surface area contributed by atoms with Crippen molar-refractivity contribution in [1.82, 2.24) is 14.2 Å². The van der Waals surface area contributed by atoms with Crippen LogP contribution in [0.15, 0.2) is 16.7 Å². The maximum absolute atomic E-state index is 12.9. The molecule has 3 atom stereocenters. The molecule has 0 aromatic carbocycles. The predicted molar refractivity (Wildman–Crippen MR) is 101 cm³/mol. The quantitative estimate of drug-likeness (QED) is 0.718. The summed E-state index contributed by atoms with van der Waals surface area (Å²) in [5.74, 6) is -0.292. The Morgan fingerprint density at radius 2 is 2.19 bits per heavy atom. The van der Waals surface area contributed by atoms with Gasteiger partial charge in [0, 0.05) is 30.2 Å². The van der Waals surface area contributed by atoms with Crippen LogP contribution in [-0.2, 0) is 10.0 Å². The third kappa shape index (κ3) is 4.73. The van der Waals surface area contributed by atoms with Crippen LogP contribution in [0.4, 0.5) is 0 Å². The van der Waals surface area contributed by atoms with Gasteiger partial charge < -0.3 is 14.7 Å². The second kappa shape index (κ2) is 8.20. The molecule has 0 radical (unpaired) electrons. The Labute approximate surface area is 162 Å². The van der Waals surface area contributed by atoms with Gasteiger partial charge >= 0.3 is 0 Å². The molecule has 0 spiro atoms. The molecule has 146 valence electrons. The Morgan fingerprint density at radius 1 is 1.54 bits per heavy atom. The highest BCUT2D eigenvalue weighted by molar-refractivity contribution is 9.10. The van der Waals surface area contributed by atoms with Crippen LogP contribution in [0.1, 0.15) is 24.2 Å². The van der Waals surface area contributed by atoms with Crippen LogP contribution in [0.25, 0.3) is 0 Å². The summed E-state index contributed by atoms with van der Waals surface area (Å²) >= 11 is 3.30. The van der Waals surface area contributed by atoms with Crippen LogP contribution in [-0.4, -0.2) is 78.8 Å². The first-order valence-electron chi connectivity index (χ1n) is 8.20. The molecule has 2 heterocycles. The van der Waals surface area contributed by atoms with Gasteiger partial charge in [0.2, 0.25) is 15.9 Å². The lowest BCUT2D eigenvalue weighted by molar-refractivity contribution is 0.0373. The summed E-state index contributed by atoms with van der Waals surface area (Å²) in [6.45, 7) is 3.93. The molecule has 0 bridgehead atoms. The first-order chi connectivity index (χ1) is 12.0. The summed E-state index contributed by atoms with van der Waals surface area (Å²) in [6, 6.07) is 1.23. The second-order valence-corrected chi connectivity index (χ2v) is 9.68. The number of ether oxygens (including phenoxy) is 1. The zero-order chi connectivity index (χ0) is 19.6. The highest BCUT2D eigenvalue weighted by Crippen LogP contribution is 2.28. The van der Waals surface area contributed by atoms with Crippen molar-refractivity contribution in [3.63, 3.8) is 0 Å². The number of carbonyl (C=O) groups is 1. The molecule has 10 heteroatoms. The molecule has 0 saturated carbocycles. The summed E-state index contributed by atoms with van der Waals surface area (Å²) in [7, 11) is -1.89. The van der Waals surface area contributed by atoms with E-state index in [-0.39, 0.29) is 42.5 Å². The van der Waals surface area contributed by atoms with Gasteiger partial charge in [-0.25, -0.2) is 17.7 Å². The number of fused-ring (bicyclic) bond motifs is 1. The number of hydrogen-bond donors (Lipinski definition) is 1. The number of aliphatic hydroxyl groups excluding tert-OH is 1. The third-order valence-electron chi connectivity index (χ3n) is 4.49. The van der Waals surface area contributed by atoms with Crippen molar-refractivity contribution >= 4 is 31.9 Å². The van der Waals surface area contributed by atoms with Gasteiger partial charge in [0.15, 0.2) is 0 Å². The lowest BCUT2D eigenvalue weighted by atomic mass is 10.0. The van der Waals surface area contributed by atoms with E-state index >= 15 is 0 Å². The number of carbonyl (C=O) groups excluding carboxylic acids is 1. The fourth-order valence-electron chi connectivity index (χ4n) is 2.68. The first-order valence-corrected chi connectivity index (χ1v) is 10.8. The monoisotopic (exact) mass is 449 g/mol. The number of amides is 1. The fraction of sp³-hybridized carbons (Fsp3) is 0.625. The summed E-state index contributed by atoms with van der Waals surface area (Å²) in [5, 5.41) is 9.54. The molecule has 0 aliphatic carbocycles. The Kier molecular flexibility index (Phi) is 6.65. The number of hydrogen-bond acceptors (Lipinski definition) is 6. The van der Waals surface area contributed by atoms with Crippen molar-refractivity contribution in [3.8, 4) is 5.88 Å². The summed E-state index contributed by atoms with van der Waals surface area (Å²) in [4.78, 5) is 18.7. The Morgan fingerprint density at radius 3 is 2.77 bits per heavy atom. The highest BCUT2D eigenvalue weighted by Gasteiger charge is 2.34. The molecule has 1 aromatic rings. The van der Waals surface area contributed by atoms with E-state index in [1.54, 1.807) is 17.9 Å². The third-order valence-corrected chi connectivity index (χ3v) is 6.21. The van der Waals surface area contributed by atoms with E-state index in [4.69, 9.17) is 4.74 Å². The smallest absolute Gasteiger partial charge is 0.259 e. The lowest BCUT2D eigenvalue weighted by Crippen LogP contribution is -2.50. The molecule has 0 fully saturated rings. The van der Waals surface area contributed by atoms with Gasteiger partial charge in [-0.15, -0.1) is 0 Å². The zero-order valence-corrected chi connectivity index (χ0v) is 17.6. The van der Waals surface area contributed by atoms with Gasteiger partial charge in [0.1, 0.15) is 11.7 Å². The molecule has 0 unspecified atom stereocenters. The number of nitrogens with zero attached hydrogens (tertiary/aromatic N) is 3. The van der Waals surface area contributed by atoms with E-state index in [9.17, 15) is 18.3 Å². The standard InChI is InChI=1S/C16H24BrN3O5S/c1-10-7-20(11(2)9-21)16(22)13-5-12(17)6-18-15(13)25-14(10)8-19(3)26(4,23)24/h5-6,10-11,14,21H,7-9H2,1-4H3/t10-,11-,14+/m0/s1. The van der Waals surface area contributed by atoms with E-state index in [0.717, 1.165) is 6.26 Å². The minimum Gasteiger partial charge on any atom is -0.472 e. The molecule has 26 heavy (non-hydrogen) atoms. The Bertz CT molecular complexity index is 773. The normalized spacial score (nSPS) is 22.4. The van der Waals surface area contributed by atoms with Gasteiger partial charge in [0.05, 0.1) is 25.4 Å². The van der Waals surface area contributed by atoms with Crippen LogP contribution in [0.5, 0.6) is 5.88 Å². The Balaban J connectivity index is 2.45. The molecule has 1 aliphatic heterocycles. The number of likely N-dealkylation sites (N-methyl/N-ethyl adjacent to an activating group) is 1. The molecule has 1 N–H and O–H groups in total. The van der Waals surface area contributed by atoms with Crippen LogP contribution >= 0.6 is 15.9 Å². The number of halogens is 1. The number of rotatable bonds is 5. The number of aliphatic hydroxyl groups is 1. The fourth-order valence-corrected chi connectivity index (χ4v) is 3.43. The SMILES string of the molecule is C[C@H]1CN([C@@H](C)CO)C(=O)c2cc(Br)cnc2O[C@@H]1CN(C)S(C)(=O)=O. The van der Waals surface area contributed by atoms with E-state index in [0.29, 0.717) is 11.0 Å². The van der Waals surface area contributed by atoms with E-state index in [1.165, 1.54) is 17.5 Å². The number of aromatic nitrogens is 1. The maximum atomic E-state index is 12.9. The highest BCUT2D eigenvalue weighted by atomic mass is 79.9. The molecule has 0 saturated heterocycles. The number of pyridine rings is 1. The van der Waals surface area contributed by atoms with Gasteiger partial charge in [0.25, 0.3) is 5.91 Å². The Hall–Kier alpha value is -1.23. The molecule has 8 nitrogen and oxygen atoms in total. The summed E-state index contributed by atoms with van der Waals surface area (Å²) in [5.41, 5.74) is 0.276. The predicted octanol–water partition coefficient (Wildman–Crippen LogP) is 0.956. The molecular weight excluding hydrogens is 426 g/mol. The van der Waals surface area contributed by atoms with Crippen LogP contribution in [0.2, 0.25) is 0 Å². The average Bonchev–Trinajstić information content (AvgIpc) is 2.57. The minimum absolute atomic E-state index is 0.132. The van der Waals surface area contributed by atoms with Gasteiger partial charge in [-0.2, -0.15) is 0 Å². The lowest BCUT2D eigenvalue weighted by Gasteiger charge is -2.37. The van der Waals surface area contributed by atoms with Crippen molar-refractivity contribution in [1.29, 1.82) is 0 Å². The van der Waals surface area contributed by atoms with Gasteiger partial charge in [-0.1, -0.05) is 6.92 Å². The van der Waals surface area contributed by atoms with Crippen molar-refractivity contribution in [2.75, 3.05) is 33.0 Å². The molecule has 1 aliphatic rings. The largest absolute Gasteiger partial charge is 0.472 e. The molecule has 2 rings (SSSR count). The van der Waals surface area contributed by atoms with E-state index in [2.05, 4.69) is 20.9 Å². The van der Waals surface area contributed by atoms with Crippen molar-refractivity contribution in [3.05, 3.63) is 22.3 Å². The molecule has 1 amide bonds. The van der Waals surface area contributed by atoms with E-state index < -0.39 is 16.1 Å². The van der Waals surface area contributed by atoms with Crippen LogP contribution in [0, 0.1) is 5.92 Å². The van der Waals surface area contributed by atoms with Crippen molar-refractivity contribution < 1.29 is 23.1 Å². The van der Waals surface area contributed by atoms with Gasteiger partial charge in [-0.05, 0) is 28.9 Å². The van der Waals surface area contributed by atoms with Gasteiger partial charge in [-0.3, -0.25) is 4.79 Å². The van der Waals surface area contributed by atoms with Crippen molar-refractivity contribution in [2.45, 2.75) is 26.0 Å².